The fraction of sp³-hybridized carbons (Fsp3) is 0.182. The highest BCUT2D eigenvalue weighted by Gasteiger charge is 2.04. The summed E-state index contributed by atoms with van der Waals surface area (Å²) < 4.78 is 0. The van der Waals surface area contributed by atoms with Gasteiger partial charge >= 0.3 is 0 Å². The largest absolute Gasteiger partial charge is 0.545 e. The molecule has 3 heteroatoms. The van der Waals surface area contributed by atoms with E-state index in [2.05, 4.69) is 0 Å². The van der Waals surface area contributed by atoms with Crippen molar-refractivity contribution in [2.45, 2.75) is 13.8 Å². The second-order valence-corrected chi connectivity index (χ2v) is 3.61. The molecule has 1 rings (SSSR count). The second kappa shape index (κ2) is 4.29. The number of benzene rings is 1. The molecular weight excluding hydrogens is 200 g/mol. The lowest BCUT2D eigenvalue weighted by Crippen LogP contribution is -2.24. The summed E-state index contributed by atoms with van der Waals surface area (Å²) in [7, 11) is 0. The van der Waals surface area contributed by atoms with Crippen molar-refractivity contribution >= 4 is 23.1 Å². The molecule has 1 aromatic rings. The Bertz CT molecular complexity index is 373. The maximum Gasteiger partial charge on any atom is 0.0720 e. The van der Waals surface area contributed by atoms with E-state index in [4.69, 9.17) is 11.6 Å². The number of allylic oxidation sites excluding steroid dienone is 1. The van der Waals surface area contributed by atoms with Crippen LogP contribution in [0.15, 0.2) is 29.8 Å². The molecule has 0 unspecified atom stereocenters. The first-order valence-corrected chi connectivity index (χ1v) is 4.55. The first-order chi connectivity index (χ1) is 6.52. The summed E-state index contributed by atoms with van der Waals surface area (Å²) in [6, 6.07) is 6.65. The molecule has 0 bridgehead atoms. The number of carboxylic acid groups (broad SMARTS) is 1. The number of rotatable bonds is 2. The van der Waals surface area contributed by atoms with Crippen LogP contribution in [0.1, 0.15) is 19.4 Å². The molecule has 0 N–H and O–H groups in total. The number of hydrogen-bond donors (Lipinski definition) is 0. The number of aliphatic carboxylic acids is 1. The molecule has 0 spiro atoms. The van der Waals surface area contributed by atoms with Crippen LogP contribution in [-0.4, -0.2) is 5.97 Å². The third-order valence-corrected chi connectivity index (χ3v) is 2.09. The van der Waals surface area contributed by atoms with Gasteiger partial charge in [0.15, 0.2) is 0 Å². The molecule has 14 heavy (non-hydrogen) atoms. The van der Waals surface area contributed by atoms with Crippen LogP contribution in [0.2, 0.25) is 5.02 Å². The van der Waals surface area contributed by atoms with Crippen LogP contribution in [-0.2, 0) is 4.79 Å². The quantitative estimate of drug-likeness (QED) is 0.698. The molecule has 1 aromatic carbocycles. The molecule has 0 atom stereocenters. The minimum Gasteiger partial charge on any atom is -0.545 e. The van der Waals surface area contributed by atoms with Gasteiger partial charge in [0.05, 0.1) is 5.97 Å². The number of carboxylic acids is 1. The Kier molecular flexibility index (Phi) is 3.31. The minimum absolute atomic E-state index is 0.224. The molecule has 0 amide bonds. The third-order valence-electron chi connectivity index (χ3n) is 1.84. The molecular formula is C11H10ClO2-. The van der Waals surface area contributed by atoms with Crippen molar-refractivity contribution in [2.24, 2.45) is 0 Å². The van der Waals surface area contributed by atoms with Gasteiger partial charge in [-0.2, -0.15) is 0 Å². The topological polar surface area (TPSA) is 40.1 Å². The number of hydrogen-bond acceptors (Lipinski definition) is 2. The van der Waals surface area contributed by atoms with Gasteiger partial charge in [0.25, 0.3) is 0 Å². The Morgan fingerprint density at radius 2 is 1.71 bits per heavy atom. The monoisotopic (exact) mass is 209 g/mol. The standard InChI is InChI=1S/C11H11ClO2/c1-7(2)10(11(13)14)8-3-5-9(12)6-4-8/h3-6H,1-2H3,(H,13,14)/p-1. The number of carbonyl (C=O) groups excluding carboxylic acids is 1. The summed E-state index contributed by atoms with van der Waals surface area (Å²) in [6.45, 7) is 3.47. The SMILES string of the molecule is CC(C)=C(C(=O)[O-])c1ccc(Cl)cc1. The van der Waals surface area contributed by atoms with Crippen LogP contribution < -0.4 is 5.11 Å². The van der Waals surface area contributed by atoms with E-state index in [1.54, 1.807) is 38.1 Å². The van der Waals surface area contributed by atoms with Crippen molar-refractivity contribution in [3.05, 3.63) is 40.4 Å². The van der Waals surface area contributed by atoms with Gasteiger partial charge in [-0.3, -0.25) is 0 Å². The average molecular weight is 210 g/mol. The molecule has 74 valence electrons. The molecule has 0 heterocycles. The van der Waals surface area contributed by atoms with Gasteiger partial charge in [-0.15, -0.1) is 0 Å². The van der Waals surface area contributed by atoms with Crippen molar-refractivity contribution in [3.8, 4) is 0 Å². The van der Waals surface area contributed by atoms with Crippen molar-refractivity contribution in [1.29, 1.82) is 0 Å². The fourth-order valence-electron chi connectivity index (χ4n) is 1.23. The summed E-state index contributed by atoms with van der Waals surface area (Å²) in [6.07, 6.45) is 0. The Morgan fingerprint density at radius 1 is 1.21 bits per heavy atom. The molecule has 0 aliphatic heterocycles. The zero-order valence-corrected chi connectivity index (χ0v) is 8.76. The van der Waals surface area contributed by atoms with Gasteiger partial charge in [0.2, 0.25) is 0 Å². The smallest absolute Gasteiger partial charge is 0.0720 e. The summed E-state index contributed by atoms with van der Waals surface area (Å²) in [5.74, 6) is -1.16. The zero-order valence-electron chi connectivity index (χ0n) is 8.00. The Labute approximate surface area is 87.8 Å². The third kappa shape index (κ3) is 2.36. The van der Waals surface area contributed by atoms with Crippen LogP contribution in [0.3, 0.4) is 0 Å². The molecule has 2 nitrogen and oxygen atoms in total. The molecule has 0 saturated heterocycles. The van der Waals surface area contributed by atoms with E-state index >= 15 is 0 Å². The van der Waals surface area contributed by atoms with Gasteiger partial charge in [-0.1, -0.05) is 29.3 Å². The molecule has 0 aliphatic carbocycles. The second-order valence-electron chi connectivity index (χ2n) is 3.17. The van der Waals surface area contributed by atoms with Crippen LogP contribution >= 0.6 is 11.6 Å². The Morgan fingerprint density at radius 3 is 2.07 bits per heavy atom. The normalized spacial score (nSPS) is 9.64. The van der Waals surface area contributed by atoms with Gasteiger partial charge < -0.3 is 9.90 Å². The van der Waals surface area contributed by atoms with E-state index in [1.165, 1.54) is 0 Å². The summed E-state index contributed by atoms with van der Waals surface area (Å²) in [4.78, 5) is 10.8. The van der Waals surface area contributed by atoms with Crippen molar-refractivity contribution in [1.82, 2.24) is 0 Å². The lowest BCUT2D eigenvalue weighted by Gasteiger charge is -2.11. The minimum atomic E-state index is -1.16. The Balaban J connectivity index is 3.21. The fourth-order valence-corrected chi connectivity index (χ4v) is 1.35. The maximum absolute atomic E-state index is 10.8. The van der Waals surface area contributed by atoms with Crippen LogP contribution in [0.4, 0.5) is 0 Å². The number of halogens is 1. The van der Waals surface area contributed by atoms with Crippen LogP contribution in [0, 0.1) is 0 Å². The Hall–Kier alpha value is -1.28. The molecule has 0 saturated carbocycles. The van der Waals surface area contributed by atoms with Crippen LogP contribution in [0.25, 0.3) is 5.57 Å². The lowest BCUT2D eigenvalue weighted by atomic mass is 10.0. The first-order valence-electron chi connectivity index (χ1n) is 4.17. The molecule has 0 aliphatic rings. The van der Waals surface area contributed by atoms with Gasteiger partial charge in [0.1, 0.15) is 0 Å². The van der Waals surface area contributed by atoms with Crippen molar-refractivity contribution in [2.75, 3.05) is 0 Å². The van der Waals surface area contributed by atoms with E-state index < -0.39 is 5.97 Å². The van der Waals surface area contributed by atoms with Crippen LogP contribution in [0.5, 0.6) is 0 Å². The highest BCUT2D eigenvalue weighted by molar-refractivity contribution is 6.30. The summed E-state index contributed by atoms with van der Waals surface area (Å²) in [5.41, 5.74) is 1.56. The molecule has 0 aromatic heterocycles. The highest BCUT2D eigenvalue weighted by atomic mass is 35.5. The molecule has 0 fully saturated rings. The average Bonchev–Trinajstić information content (AvgIpc) is 2.07. The van der Waals surface area contributed by atoms with E-state index in [9.17, 15) is 9.90 Å². The van der Waals surface area contributed by atoms with Gasteiger partial charge in [0, 0.05) is 10.6 Å². The van der Waals surface area contributed by atoms with E-state index in [1.807, 2.05) is 0 Å². The van der Waals surface area contributed by atoms with Gasteiger partial charge in [-0.05, 0) is 31.5 Å². The molecule has 0 radical (unpaired) electrons. The van der Waals surface area contributed by atoms with E-state index in [0.717, 1.165) is 0 Å². The number of carbonyl (C=O) groups is 1. The maximum atomic E-state index is 10.8. The lowest BCUT2D eigenvalue weighted by molar-refractivity contribution is -0.295. The van der Waals surface area contributed by atoms with Gasteiger partial charge in [-0.25, -0.2) is 0 Å². The zero-order chi connectivity index (χ0) is 10.7. The van der Waals surface area contributed by atoms with Crippen molar-refractivity contribution < 1.29 is 9.90 Å². The predicted molar refractivity (Wildman–Crippen MR) is 54.7 cm³/mol. The van der Waals surface area contributed by atoms with E-state index in [-0.39, 0.29) is 5.57 Å². The highest BCUT2D eigenvalue weighted by Crippen LogP contribution is 2.20. The van der Waals surface area contributed by atoms with Crippen molar-refractivity contribution in [3.63, 3.8) is 0 Å². The van der Waals surface area contributed by atoms with E-state index in [0.29, 0.717) is 16.2 Å². The summed E-state index contributed by atoms with van der Waals surface area (Å²) >= 11 is 5.70. The first kappa shape index (κ1) is 10.8. The summed E-state index contributed by atoms with van der Waals surface area (Å²) in [5, 5.41) is 11.4. The predicted octanol–water partition coefficient (Wildman–Crippen LogP) is 1.88.